The summed E-state index contributed by atoms with van der Waals surface area (Å²) in [5.41, 5.74) is 1.17. The van der Waals surface area contributed by atoms with Gasteiger partial charge >= 0.3 is 5.97 Å². The van der Waals surface area contributed by atoms with Gasteiger partial charge in [-0.15, -0.1) is 0 Å². The maximum absolute atomic E-state index is 12.7. The van der Waals surface area contributed by atoms with Crippen molar-refractivity contribution in [2.45, 2.75) is 31.4 Å². The van der Waals surface area contributed by atoms with Crippen molar-refractivity contribution < 1.29 is 24.4 Å². The minimum Gasteiger partial charge on any atom is -0.464 e. The number of nitrogens with one attached hydrogen (secondary N) is 1. The van der Waals surface area contributed by atoms with Crippen LogP contribution in [0.2, 0.25) is 0 Å². The number of esters is 1. The van der Waals surface area contributed by atoms with Crippen LogP contribution in [0.1, 0.15) is 25.3 Å². The summed E-state index contributed by atoms with van der Waals surface area (Å²) in [5, 5.41) is 25.0. The van der Waals surface area contributed by atoms with Crippen molar-refractivity contribution in [1.82, 2.24) is 5.43 Å². The Labute approximate surface area is 157 Å². The molecule has 0 aromatic heterocycles. The van der Waals surface area contributed by atoms with Crippen molar-refractivity contribution in [3.8, 4) is 0 Å². The van der Waals surface area contributed by atoms with Gasteiger partial charge in [0.2, 0.25) is 5.78 Å². The number of hydrazone groups is 1. The zero-order valence-corrected chi connectivity index (χ0v) is 15.7. The lowest BCUT2D eigenvalue weighted by atomic mass is 9.83. The fourth-order valence-electron chi connectivity index (χ4n) is 2.54. The third-order valence-electron chi connectivity index (χ3n) is 3.94. The average Bonchev–Trinajstić information content (AvgIpc) is 3.06. The Bertz CT molecular complexity index is 747. The van der Waals surface area contributed by atoms with Crippen molar-refractivity contribution in [2.75, 3.05) is 11.9 Å². The summed E-state index contributed by atoms with van der Waals surface area (Å²) in [6, 6.07) is 4.49. The zero-order chi connectivity index (χ0) is 19.5. The molecule has 10 heteroatoms. The second kappa shape index (κ2) is 7.92. The van der Waals surface area contributed by atoms with Crippen LogP contribution >= 0.6 is 15.9 Å². The van der Waals surface area contributed by atoms with E-state index < -0.39 is 34.2 Å². The third-order valence-corrected chi connectivity index (χ3v) is 5.03. The molecule has 3 atom stereocenters. The number of ketones is 1. The summed E-state index contributed by atoms with van der Waals surface area (Å²) in [7, 11) is 0. The Morgan fingerprint density at radius 3 is 2.54 bits per heavy atom. The smallest absolute Gasteiger partial charge is 0.331 e. The van der Waals surface area contributed by atoms with Crippen molar-refractivity contribution in [3.63, 3.8) is 0 Å². The standard InChI is InChI=1S/C16H18BrN3O6/c1-3-26-15(22)13-11(9-4-6-10(7-5-9)20(24)25)12(18-19-13)14(21)16(2,23)8-17/h4-7,11,13,19,23H,3,8H2,1-2H3/t11?,13?,16-/m0/s1. The Balaban J connectivity index is 2.43. The molecule has 0 saturated carbocycles. The number of carbonyl (C=O) groups is 2. The van der Waals surface area contributed by atoms with E-state index in [4.69, 9.17) is 4.74 Å². The van der Waals surface area contributed by atoms with Crippen molar-refractivity contribution in [3.05, 3.63) is 39.9 Å². The molecule has 1 aliphatic rings. The normalized spacial score (nSPS) is 21.3. The molecule has 1 aromatic carbocycles. The van der Waals surface area contributed by atoms with Crippen LogP contribution in [0.15, 0.2) is 29.4 Å². The van der Waals surface area contributed by atoms with Gasteiger partial charge in [-0.3, -0.25) is 20.3 Å². The van der Waals surface area contributed by atoms with Gasteiger partial charge in [0.25, 0.3) is 5.69 Å². The first-order chi connectivity index (χ1) is 12.2. The van der Waals surface area contributed by atoms with Crippen molar-refractivity contribution >= 4 is 39.1 Å². The van der Waals surface area contributed by atoms with Crippen LogP contribution in [-0.2, 0) is 14.3 Å². The summed E-state index contributed by atoms with van der Waals surface area (Å²) >= 11 is 3.08. The molecular weight excluding hydrogens is 410 g/mol. The third kappa shape index (κ3) is 3.91. The van der Waals surface area contributed by atoms with Crippen LogP contribution in [0, 0.1) is 10.1 Å². The molecule has 0 spiro atoms. The monoisotopic (exact) mass is 427 g/mol. The largest absolute Gasteiger partial charge is 0.464 e. The molecule has 26 heavy (non-hydrogen) atoms. The minimum absolute atomic E-state index is 0.0189. The maximum Gasteiger partial charge on any atom is 0.331 e. The van der Waals surface area contributed by atoms with Crippen LogP contribution in [0.4, 0.5) is 5.69 Å². The molecule has 0 bridgehead atoms. The molecule has 2 unspecified atom stereocenters. The number of nitro benzene ring substituents is 1. The molecule has 0 radical (unpaired) electrons. The van der Waals surface area contributed by atoms with Gasteiger partial charge in [-0.2, -0.15) is 5.10 Å². The van der Waals surface area contributed by atoms with E-state index in [1.54, 1.807) is 6.92 Å². The van der Waals surface area contributed by atoms with Gasteiger partial charge in [0.15, 0.2) is 6.04 Å². The van der Waals surface area contributed by atoms with E-state index >= 15 is 0 Å². The number of carbonyl (C=O) groups excluding carboxylic acids is 2. The van der Waals surface area contributed by atoms with Crippen LogP contribution < -0.4 is 5.43 Å². The lowest BCUT2D eigenvalue weighted by Gasteiger charge is -2.23. The summed E-state index contributed by atoms with van der Waals surface area (Å²) < 4.78 is 5.01. The average molecular weight is 428 g/mol. The van der Waals surface area contributed by atoms with E-state index in [2.05, 4.69) is 26.5 Å². The van der Waals surface area contributed by atoms with E-state index in [1.807, 2.05) is 0 Å². The number of ether oxygens (including phenoxy) is 1. The Hall–Kier alpha value is -2.33. The van der Waals surface area contributed by atoms with E-state index in [0.717, 1.165) is 0 Å². The number of aliphatic hydroxyl groups is 1. The first kappa shape index (κ1) is 20.0. The zero-order valence-electron chi connectivity index (χ0n) is 14.1. The first-order valence-electron chi connectivity index (χ1n) is 7.80. The SMILES string of the molecule is CCOC(=O)C1NN=C(C(=O)[C@@](C)(O)CBr)C1c1ccc([N+](=O)[O-])cc1. The quantitative estimate of drug-likeness (QED) is 0.290. The lowest BCUT2D eigenvalue weighted by molar-refractivity contribution is -0.384. The van der Waals surface area contributed by atoms with Crippen LogP contribution in [0.3, 0.4) is 0 Å². The summed E-state index contributed by atoms with van der Waals surface area (Å²) in [4.78, 5) is 35.2. The molecule has 0 saturated heterocycles. The van der Waals surface area contributed by atoms with Crippen LogP contribution in [-0.4, -0.2) is 51.1 Å². The van der Waals surface area contributed by atoms with Gasteiger partial charge in [-0.25, -0.2) is 4.79 Å². The van der Waals surface area contributed by atoms with Crippen molar-refractivity contribution in [1.29, 1.82) is 0 Å². The fraction of sp³-hybridized carbons (Fsp3) is 0.438. The molecule has 1 aliphatic heterocycles. The Kier molecular flexibility index (Phi) is 6.09. The predicted octanol–water partition coefficient (Wildman–Crippen LogP) is 1.28. The number of alkyl halides is 1. The molecule has 2 rings (SSSR count). The number of non-ortho nitro benzene ring substituents is 1. The molecule has 2 N–H and O–H groups in total. The van der Waals surface area contributed by atoms with Gasteiger partial charge in [-0.05, 0) is 19.4 Å². The number of nitro groups is 1. The van der Waals surface area contributed by atoms with Gasteiger partial charge in [0.05, 0.1) is 17.4 Å². The van der Waals surface area contributed by atoms with Gasteiger partial charge in [0, 0.05) is 17.5 Å². The number of halogens is 1. The van der Waals surface area contributed by atoms with E-state index in [9.17, 15) is 24.8 Å². The highest BCUT2D eigenvalue weighted by atomic mass is 79.9. The van der Waals surface area contributed by atoms with Crippen LogP contribution in [0.25, 0.3) is 0 Å². The number of hydrogen-bond donors (Lipinski definition) is 2. The molecule has 0 amide bonds. The van der Waals surface area contributed by atoms with E-state index in [-0.39, 0.29) is 23.3 Å². The first-order valence-corrected chi connectivity index (χ1v) is 8.92. The number of nitrogens with zero attached hydrogens (tertiary/aromatic N) is 2. The molecule has 1 heterocycles. The van der Waals surface area contributed by atoms with Gasteiger partial charge in [-0.1, -0.05) is 28.1 Å². The van der Waals surface area contributed by atoms with Gasteiger partial charge in [0.1, 0.15) is 11.3 Å². The number of Topliss-reactive ketones (excluding diaryl/α,β-unsaturated/α-hetero) is 1. The molecule has 1 aromatic rings. The highest BCUT2D eigenvalue weighted by Gasteiger charge is 2.46. The van der Waals surface area contributed by atoms with E-state index in [1.165, 1.54) is 31.2 Å². The Morgan fingerprint density at radius 1 is 1.42 bits per heavy atom. The number of benzene rings is 1. The maximum atomic E-state index is 12.7. The molecule has 9 nitrogen and oxygen atoms in total. The highest BCUT2D eigenvalue weighted by molar-refractivity contribution is 9.09. The Morgan fingerprint density at radius 2 is 2.04 bits per heavy atom. The minimum atomic E-state index is -1.72. The van der Waals surface area contributed by atoms with Crippen molar-refractivity contribution in [2.24, 2.45) is 5.10 Å². The number of hydrogen-bond acceptors (Lipinski definition) is 8. The second-order valence-electron chi connectivity index (χ2n) is 5.92. The highest BCUT2D eigenvalue weighted by Crippen LogP contribution is 2.30. The topological polar surface area (TPSA) is 131 Å². The second-order valence-corrected chi connectivity index (χ2v) is 6.48. The summed E-state index contributed by atoms with van der Waals surface area (Å²) in [6.07, 6.45) is 0. The molecule has 0 fully saturated rings. The summed E-state index contributed by atoms with van der Waals surface area (Å²) in [6.45, 7) is 3.12. The van der Waals surface area contributed by atoms with Crippen LogP contribution in [0.5, 0.6) is 0 Å². The number of rotatable bonds is 7. The molecule has 140 valence electrons. The molecule has 0 aliphatic carbocycles. The summed E-state index contributed by atoms with van der Waals surface area (Å²) in [5.74, 6) is -2.11. The predicted molar refractivity (Wildman–Crippen MR) is 96.3 cm³/mol. The van der Waals surface area contributed by atoms with E-state index in [0.29, 0.717) is 5.56 Å². The molecular formula is C16H18BrN3O6. The fourth-order valence-corrected chi connectivity index (χ4v) is 2.80. The lowest BCUT2D eigenvalue weighted by Crippen LogP contribution is -2.45. The van der Waals surface area contributed by atoms with Gasteiger partial charge < -0.3 is 9.84 Å².